The molecule has 0 atom stereocenters. The highest BCUT2D eigenvalue weighted by molar-refractivity contribution is 5.81. The number of hydrogen-bond donors (Lipinski definition) is 2. The number of aliphatic imine (C=N–C) groups is 1. The number of amides is 1. The zero-order valence-electron chi connectivity index (χ0n) is 16.8. The number of nitrogens with one attached hydrogen (secondary N) is 2. The molecule has 1 aliphatic rings. The first-order valence-corrected chi connectivity index (χ1v) is 9.92. The number of carbonyl (C=O) groups excluding carboxylic acids is 1. The van der Waals surface area contributed by atoms with Gasteiger partial charge in [0.1, 0.15) is 5.82 Å². The minimum atomic E-state index is -0.218. The molecule has 6 nitrogen and oxygen atoms in total. The number of halogens is 1. The third-order valence-corrected chi connectivity index (χ3v) is 4.95. The molecule has 1 aliphatic heterocycles. The number of benzene rings is 2. The smallest absolute Gasteiger partial charge is 0.222 e. The second-order valence-corrected chi connectivity index (χ2v) is 6.94. The Morgan fingerprint density at radius 3 is 2.34 bits per heavy atom. The van der Waals surface area contributed by atoms with Crippen LogP contribution in [-0.4, -0.2) is 56.5 Å². The average molecular weight is 397 g/mol. The Bertz CT molecular complexity index is 802. The molecular formula is C22H28FN5O. The number of piperazine rings is 1. The van der Waals surface area contributed by atoms with Crippen molar-refractivity contribution in [2.45, 2.75) is 13.0 Å². The minimum absolute atomic E-state index is 0.0120. The molecule has 0 saturated carbocycles. The van der Waals surface area contributed by atoms with Crippen LogP contribution in [0.1, 0.15) is 12.0 Å². The van der Waals surface area contributed by atoms with Crippen LogP contribution in [0.2, 0.25) is 0 Å². The van der Waals surface area contributed by atoms with E-state index >= 15 is 0 Å². The SMILES string of the molecule is CN=C(NCCC(=O)NCc1ccccc1)N1CCN(c2ccc(F)cc2)CC1. The Hall–Kier alpha value is -3.09. The Balaban J connectivity index is 1.38. The second kappa shape index (κ2) is 10.5. The summed E-state index contributed by atoms with van der Waals surface area (Å²) in [4.78, 5) is 20.8. The standard InChI is InChI=1S/C22H28FN5O/c1-24-22(25-12-11-21(29)26-17-18-5-3-2-4-6-18)28-15-13-27(14-16-28)20-9-7-19(23)8-10-20/h2-10H,11-17H2,1H3,(H,24,25)(H,26,29). The molecule has 2 aromatic carbocycles. The van der Waals surface area contributed by atoms with E-state index in [1.165, 1.54) is 12.1 Å². The van der Waals surface area contributed by atoms with E-state index in [1.807, 2.05) is 42.5 Å². The summed E-state index contributed by atoms with van der Waals surface area (Å²) in [5.41, 5.74) is 2.12. The Kier molecular flexibility index (Phi) is 7.44. The molecule has 1 saturated heterocycles. The summed E-state index contributed by atoms with van der Waals surface area (Å²) in [5, 5.41) is 6.21. The molecule has 7 heteroatoms. The van der Waals surface area contributed by atoms with Crippen LogP contribution in [0.5, 0.6) is 0 Å². The summed E-state index contributed by atoms with van der Waals surface area (Å²) >= 11 is 0. The fourth-order valence-corrected chi connectivity index (χ4v) is 3.33. The van der Waals surface area contributed by atoms with E-state index < -0.39 is 0 Å². The Morgan fingerprint density at radius 2 is 1.69 bits per heavy atom. The molecule has 154 valence electrons. The fourth-order valence-electron chi connectivity index (χ4n) is 3.33. The third-order valence-electron chi connectivity index (χ3n) is 4.95. The fraction of sp³-hybridized carbons (Fsp3) is 0.364. The number of anilines is 1. The monoisotopic (exact) mass is 397 g/mol. The number of rotatable bonds is 6. The molecule has 0 unspecified atom stereocenters. The van der Waals surface area contributed by atoms with Crippen molar-refractivity contribution in [3.05, 3.63) is 66.0 Å². The molecular weight excluding hydrogens is 369 g/mol. The van der Waals surface area contributed by atoms with Gasteiger partial charge in [0.25, 0.3) is 0 Å². The van der Waals surface area contributed by atoms with Gasteiger partial charge < -0.3 is 20.4 Å². The van der Waals surface area contributed by atoms with Crippen molar-refractivity contribution < 1.29 is 9.18 Å². The molecule has 0 bridgehead atoms. The zero-order chi connectivity index (χ0) is 20.5. The number of guanidine groups is 1. The van der Waals surface area contributed by atoms with Crippen molar-refractivity contribution in [2.24, 2.45) is 4.99 Å². The van der Waals surface area contributed by atoms with Crippen molar-refractivity contribution in [2.75, 3.05) is 44.7 Å². The van der Waals surface area contributed by atoms with Crippen molar-refractivity contribution >= 4 is 17.6 Å². The molecule has 2 N–H and O–H groups in total. The third kappa shape index (κ3) is 6.20. The lowest BCUT2D eigenvalue weighted by molar-refractivity contribution is -0.121. The lowest BCUT2D eigenvalue weighted by Gasteiger charge is -2.37. The molecule has 29 heavy (non-hydrogen) atoms. The summed E-state index contributed by atoms with van der Waals surface area (Å²) in [6.07, 6.45) is 0.390. The van der Waals surface area contributed by atoms with Gasteiger partial charge in [0.15, 0.2) is 5.96 Å². The van der Waals surface area contributed by atoms with Gasteiger partial charge in [-0.05, 0) is 29.8 Å². The normalized spacial score (nSPS) is 14.6. The number of carbonyl (C=O) groups is 1. The Labute approximate surface area is 171 Å². The maximum Gasteiger partial charge on any atom is 0.222 e. The van der Waals surface area contributed by atoms with Gasteiger partial charge >= 0.3 is 0 Å². The first kappa shape index (κ1) is 20.6. The van der Waals surface area contributed by atoms with Gasteiger partial charge in [0, 0.05) is 58.4 Å². The van der Waals surface area contributed by atoms with Crippen LogP contribution in [-0.2, 0) is 11.3 Å². The molecule has 1 amide bonds. The number of nitrogens with zero attached hydrogens (tertiary/aromatic N) is 3. The van der Waals surface area contributed by atoms with Crippen LogP contribution >= 0.6 is 0 Å². The van der Waals surface area contributed by atoms with E-state index in [4.69, 9.17) is 0 Å². The van der Waals surface area contributed by atoms with Crippen LogP contribution in [0.3, 0.4) is 0 Å². The summed E-state index contributed by atoms with van der Waals surface area (Å²) in [6, 6.07) is 16.5. The molecule has 0 aliphatic carbocycles. The van der Waals surface area contributed by atoms with Gasteiger partial charge in [0.05, 0.1) is 0 Å². The highest BCUT2D eigenvalue weighted by atomic mass is 19.1. The topological polar surface area (TPSA) is 60.0 Å². The first-order valence-electron chi connectivity index (χ1n) is 9.92. The molecule has 1 fully saturated rings. The average Bonchev–Trinajstić information content (AvgIpc) is 2.77. The lowest BCUT2D eigenvalue weighted by atomic mass is 10.2. The largest absolute Gasteiger partial charge is 0.368 e. The van der Waals surface area contributed by atoms with Crippen molar-refractivity contribution in [3.8, 4) is 0 Å². The molecule has 0 aromatic heterocycles. The van der Waals surface area contributed by atoms with Crippen LogP contribution in [0.4, 0.5) is 10.1 Å². The molecule has 0 spiro atoms. The van der Waals surface area contributed by atoms with E-state index in [-0.39, 0.29) is 11.7 Å². The van der Waals surface area contributed by atoms with Gasteiger partial charge in [-0.1, -0.05) is 30.3 Å². The van der Waals surface area contributed by atoms with Gasteiger partial charge in [0.2, 0.25) is 5.91 Å². The van der Waals surface area contributed by atoms with Gasteiger partial charge in [-0.2, -0.15) is 0 Å². The number of hydrogen-bond acceptors (Lipinski definition) is 3. The van der Waals surface area contributed by atoms with E-state index in [9.17, 15) is 9.18 Å². The highest BCUT2D eigenvalue weighted by Crippen LogP contribution is 2.16. The first-order chi connectivity index (χ1) is 14.2. The predicted molar refractivity (Wildman–Crippen MR) is 114 cm³/mol. The molecule has 2 aromatic rings. The van der Waals surface area contributed by atoms with Crippen LogP contribution in [0, 0.1) is 5.82 Å². The summed E-state index contributed by atoms with van der Waals surface area (Å²) < 4.78 is 13.1. The summed E-state index contributed by atoms with van der Waals surface area (Å²) in [7, 11) is 1.75. The zero-order valence-corrected chi connectivity index (χ0v) is 16.8. The summed E-state index contributed by atoms with van der Waals surface area (Å²) in [6.45, 7) is 4.38. The van der Waals surface area contributed by atoms with Crippen molar-refractivity contribution in [1.29, 1.82) is 0 Å². The summed E-state index contributed by atoms with van der Waals surface area (Å²) in [5.74, 6) is 0.599. The van der Waals surface area contributed by atoms with Gasteiger partial charge in [-0.15, -0.1) is 0 Å². The highest BCUT2D eigenvalue weighted by Gasteiger charge is 2.19. The Morgan fingerprint density at radius 1 is 1.00 bits per heavy atom. The van der Waals surface area contributed by atoms with Gasteiger partial charge in [-0.3, -0.25) is 9.79 Å². The van der Waals surface area contributed by atoms with Crippen molar-refractivity contribution in [3.63, 3.8) is 0 Å². The maximum absolute atomic E-state index is 13.1. The van der Waals surface area contributed by atoms with E-state index in [1.54, 1.807) is 7.05 Å². The second-order valence-electron chi connectivity index (χ2n) is 6.94. The minimum Gasteiger partial charge on any atom is -0.368 e. The quantitative estimate of drug-likeness (QED) is 0.580. The predicted octanol–water partition coefficient (Wildman–Crippen LogP) is 2.23. The maximum atomic E-state index is 13.1. The van der Waals surface area contributed by atoms with Crippen LogP contribution in [0.15, 0.2) is 59.6 Å². The molecule has 1 heterocycles. The van der Waals surface area contributed by atoms with Crippen molar-refractivity contribution in [1.82, 2.24) is 15.5 Å². The van der Waals surface area contributed by atoms with E-state index in [2.05, 4.69) is 25.4 Å². The van der Waals surface area contributed by atoms with Crippen LogP contribution in [0.25, 0.3) is 0 Å². The van der Waals surface area contributed by atoms with Crippen LogP contribution < -0.4 is 15.5 Å². The van der Waals surface area contributed by atoms with Gasteiger partial charge in [-0.25, -0.2) is 4.39 Å². The lowest BCUT2D eigenvalue weighted by Crippen LogP contribution is -2.52. The molecule has 3 rings (SSSR count). The molecule has 0 radical (unpaired) electrons. The van der Waals surface area contributed by atoms with E-state index in [0.717, 1.165) is 43.4 Å². The van der Waals surface area contributed by atoms with E-state index in [0.29, 0.717) is 19.5 Å².